The first-order chi connectivity index (χ1) is 12.3. The molecule has 0 aromatic heterocycles. The normalized spacial score (nSPS) is 13.2. The molecule has 4 heteroatoms. The summed E-state index contributed by atoms with van der Waals surface area (Å²) >= 11 is 1.68. The Balaban J connectivity index is 2.17. The van der Waals surface area contributed by atoms with Gasteiger partial charge in [-0.15, -0.1) is 11.8 Å². The maximum absolute atomic E-state index is 10.4. The molecule has 0 heterocycles. The van der Waals surface area contributed by atoms with E-state index >= 15 is 0 Å². The molecule has 2 rings (SSSR count). The first-order valence-corrected chi connectivity index (χ1v) is 9.89. The smallest absolute Gasteiger partial charge is 0.126 e. The van der Waals surface area contributed by atoms with Gasteiger partial charge in [-0.25, -0.2) is 0 Å². The Hall–Kier alpha value is -1.75. The maximum atomic E-state index is 10.4. The SMILES string of the molecule is CSc1ccc(C(O)C=Cc2cc(C)c(OC(C)(C)CO)c(C)c2)cc1. The van der Waals surface area contributed by atoms with Gasteiger partial charge in [-0.3, -0.25) is 0 Å². The summed E-state index contributed by atoms with van der Waals surface area (Å²) in [6, 6.07) is 12.0. The van der Waals surface area contributed by atoms with Crippen LogP contribution >= 0.6 is 11.8 Å². The number of thioether (sulfide) groups is 1. The molecule has 3 nitrogen and oxygen atoms in total. The van der Waals surface area contributed by atoms with Crippen LogP contribution in [-0.4, -0.2) is 28.7 Å². The van der Waals surface area contributed by atoms with E-state index in [1.807, 2.05) is 76.4 Å². The van der Waals surface area contributed by atoms with Crippen LogP contribution < -0.4 is 4.74 Å². The molecule has 0 aliphatic carbocycles. The van der Waals surface area contributed by atoms with Gasteiger partial charge in [-0.2, -0.15) is 0 Å². The average Bonchev–Trinajstić information content (AvgIpc) is 2.63. The summed E-state index contributed by atoms with van der Waals surface area (Å²) in [5.41, 5.74) is 3.27. The number of aliphatic hydroxyl groups is 2. The number of rotatable bonds is 7. The second-order valence-electron chi connectivity index (χ2n) is 7.08. The minimum absolute atomic E-state index is 0.0466. The zero-order chi connectivity index (χ0) is 19.3. The highest BCUT2D eigenvalue weighted by atomic mass is 32.2. The van der Waals surface area contributed by atoms with Gasteiger partial charge in [-0.1, -0.05) is 24.3 Å². The van der Waals surface area contributed by atoms with Gasteiger partial charge in [0.15, 0.2) is 0 Å². The highest BCUT2D eigenvalue weighted by Crippen LogP contribution is 2.29. The average molecular weight is 373 g/mol. The molecular formula is C22H28O3S. The Morgan fingerprint density at radius 2 is 1.69 bits per heavy atom. The van der Waals surface area contributed by atoms with Crippen LogP contribution in [0.3, 0.4) is 0 Å². The molecule has 0 spiro atoms. The van der Waals surface area contributed by atoms with Crippen molar-refractivity contribution in [2.24, 2.45) is 0 Å². The number of hydrogen-bond donors (Lipinski definition) is 2. The number of hydrogen-bond acceptors (Lipinski definition) is 4. The van der Waals surface area contributed by atoms with Crippen molar-refractivity contribution in [2.45, 2.75) is 44.3 Å². The minimum Gasteiger partial charge on any atom is -0.485 e. The van der Waals surface area contributed by atoms with Crippen molar-refractivity contribution in [1.82, 2.24) is 0 Å². The summed E-state index contributed by atoms with van der Waals surface area (Å²) < 4.78 is 5.96. The predicted octanol–water partition coefficient (Wildman–Crippen LogP) is 4.92. The lowest BCUT2D eigenvalue weighted by molar-refractivity contribution is 0.0401. The summed E-state index contributed by atoms with van der Waals surface area (Å²) in [5.74, 6) is 0.800. The Kier molecular flexibility index (Phi) is 6.93. The number of aryl methyl sites for hydroxylation is 2. The lowest BCUT2D eigenvalue weighted by Gasteiger charge is -2.26. The van der Waals surface area contributed by atoms with Gasteiger partial charge >= 0.3 is 0 Å². The molecule has 2 aromatic rings. The molecule has 2 N–H and O–H groups in total. The molecule has 0 aliphatic heterocycles. The Labute approximate surface area is 160 Å². The second-order valence-corrected chi connectivity index (χ2v) is 7.96. The van der Waals surface area contributed by atoms with Crippen molar-refractivity contribution in [1.29, 1.82) is 0 Å². The molecule has 140 valence electrons. The number of benzene rings is 2. The van der Waals surface area contributed by atoms with Crippen LogP contribution in [0, 0.1) is 13.8 Å². The van der Waals surface area contributed by atoms with E-state index in [0.29, 0.717) is 0 Å². The first kappa shape index (κ1) is 20.6. The zero-order valence-corrected chi connectivity index (χ0v) is 16.9. The Bertz CT molecular complexity index is 740. The van der Waals surface area contributed by atoms with E-state index in [0.717, 1.165) is 28.0 Å². The molecule has 0 amide bonds. The lowest BCUT2D eigenvalue weighted by Crippen LogP contribution is -2.33. The Morgan fingerprint density at radius 1 is 1.12 bits per heavy atom. The molecule has 0 saturated carbocycles. The van der Waals surface area contributed by atoms with Gasteiger partial charge in [0.05, 0.1) is 12.7 Å². The third kappa shape index (κ3) is 5.37. The van der Waals surface area contributed by atoms with Gasteiger partial charge in [0, 0.05) is 4.90 Å². The van der Waals surface area contributed by atoms with E-state index in [-0.39, 0.29) is 6.61 Å². The quantitative estimate of drug-likeness (QED) is 0.677. The zero-order valence-electron chi connectivity index (χ0n) is 16.1. The fourth-order valence-corrected chi connectivity index (χ4v) is 3.07. The fraction of sp³-hybridized carbons (Fsp3) is 0.364. The second kappa shape index (κ2) is 8.76. The molecule has 1 unspecified atom stereocenters. The third-order valence-corrected chi connectivity index (χ3v) is 4.91. The molecule has 0 bridgehead atoms. The topological polar surface area (TPSA) is 49.7 Å². The molecule has 0 fully saturated rings. The number of aliphatic hydroxyl groups excluding tert-OH is 2. The summed E-state index contributed by atoms with van der Waals surface area (Å²) in [6.45, 7) is 7.65. The van der Waals surface area contributed by atoms with Crippen molar-refractivity contribution in [3.63, 3.8) is 0 Å². The maximum Gasteiger partial charge on any atom is 0.126 e. The van der Waals surface area contributed by atoms with Crippen LogP contribution in [0.15, 0.2) is 47.4 Å². The van der Waals surface area contributed by atoms with E-state index in [9.17, 15) is 10.2 Å². The van der Waals surface area contributed by atoms with Crippen LogP contribution in [0.5, 0.6) is 5.75 Å². The largest absolute Gasteiger partial charge is 0.485 e. The summed E-state index contributed by atoms with van der Waals surface area (Å²) in [7, 11) is 0. The Morgan fingerprint density at radius 3 is 2.19 bits per heavy atom. The van der Waals surface area contributed by atoms with Crippen molar-refractivity contribution in [2.75, 3.05) is 12.9 Å². The van der Waals surface area contributed by atoms with Gasteiger partial charge in [0.25, 0.3) is 0 Å². The molecule has 26 heavy (non-hydrogen) atoms. The van der Waals surface area contributed by atoms with E-state index in [2.05, 4.69) is 0 Å². The van der Waals surface area contributed by atoms with E-state index in [1.165, 1.54) is 4.90 Å². The van der Waals surface area contributed by atoms with Crippen LogP contribution in [0.1, 0.15) is 42.2 Å². The van der Waals surface area contributed by atoms with Crippen LogP contribution in [0.4, 0.5) is 0 Å². The van der Waals surface area contributed by atoms with Crippen molar-refractivity contribution in [3.8, 4) is 5.75 Å². The summed E-state index contributed by atoms with van der Waals surface area (Å²) in [5, 5.41) is 19.8. The highest BCUT2D eigenvalue weighted by molar-refractivity contribution is 7.98. The molecule has 0 radical (unpaired) electrons. The minimum atomic E-state index is -0.643. The van der Waals surface area contributed by atoms with Crippen LogP contribution in [0.2, 0.25) is 0 Å². The molecule has 1 atom stereocenters. The van der Waals surface area contributed by atoms with Gasteiger partial charge in [-0.05, 0) is 80.5 Å². The monoisotopic (exact) mass is 372 g/mol. The number of ether oxygens (including phenoxy) is 1. The van der Waals surface area contributed by atoms with Gasteiger partial charge < -0.3 is 14.9 Å². The van der Waals surface area contributed by atoms with E-state index in [1.54, 1.807) is 17.8 Å². The summed E-state index contributed by atoms with van der Waals surface area (Å²) in [6.07, 6.45) is 5.11. The first-order valence-electron chi connectivity index (χ1n) is 8.67. The molecular weight excluding hydrogens is 344 g/mol. The lowest BCUT2D eigenvalue weighted by atomic mass is 10.0. The van der Waals surface area contributed by atoms with Crippen molar-refractivity contribution >= 4 is 17.8 Å². The van der Waals surface area contributed by atoms with Crippen molar-refractivity contribution < 1.29 is 14.9 Å². The van der Waals surface area contributed by atoms with E-state index in [4.69, 9.17) is 4.74 Å². The molecule has 0 aliphatic rings. The summed E-state index contributed by atoms with van der Waals surface area (Å²) in [4.78, 5) is 1.18. The molecule has 0 saturated heterocycles. The standard InChI is InChI=1S/C22H28O3S/c1-15-12-17(13-16(2)21(15)25-22(3,4)14-23)6-11-20(24)18-7-9-19(26-5)10-8-18/h6-13,20,23-24H,14H2,1-5H3. The predicted molar refractivity (Wildman–Crippen MR) is 110 cm³/mol. The van der Waals surface area contributed by atoms with Crippen LogP contribution in [0.25, 0.3) is 6.08 Å². The van der Waals surface area contributed by atoms with Crippen LogP contribution in [-0.2, 0) is 0 Å². The third-order valence-electron chi connectivity index (χ3n) is 4.17. The van der Waals surface area contributed by atoms with Crippen molar-refractivity contribution in [3.05, 3.63) is 64.7 Å². The molecule has 2 aromatic carbocycles. The van der Waals surface area contributed by atoms with Gasteiger partial charge in [0.2, 0.25) is 0 Å². The fourth-order valence-electron chi connectivity index (χ4n) is 2.66. The van der Waals surface area contributed by atoms with Gasteiger partial charge in [0.1, 0.15) is 11.4 Å². The van der Waals surface area contributed by atoms with E-state index < -0.39 is 11.7 Å². The highest BCUT2D eigenvalue weighted by Gasteiger charge is 2.20.